The first kappa shape index (κ1) is 18.6. The minimum absolute atomic E-state index is 0.0240. The van der Waals surface area contributed by atoms with E-state index >= 15 is 0 Å². The van der Waals surface area contributed by atoms with Gasteiger partial charge in [-0.1, -0.05) is 25.5 Å². The fourth-order valence-corrected chi connectivity index (χ4v) is 2.43. The van der Waals surface area contributed by atoms with E-state index < -0.39 is 0 Å². The summed E-state index contributed by atoms with van der Waals surface area (Å²) in [6, 6.07) is 5.70. The van der Waals surface area contributed by atoms with Gasteiger partial charge < -0.3 is 10.1 Å². The fourth-order valence-electron chi connectivity index (χ4n) is 2.43. The molecule has 0 radical (unpaired) electrons. The summed E-state index contributed by atoms with van der Waals surface area (Å²) >= 11 is 0. The van der Waals surface area contributed by atoms with Crippen LogP contribution in [0.4, 0.5) is 0 Å². The number of rotatable bonds is 7. The maximum atomic E-state index is 11.0. The molecule has 2 rings (SSSR count). The van der Waals surface area contributed by atoms with Gasteiger partial charge in [0.2, 0.25) is 11.8 Å². The highest BCUT2D eigenvalue weighted by Gasteiger charge is 2.04. The molecule has 0 unspecified atom stereocenters. The van der Waals surface area contributed by atoms with Crippen molar-refractivity contribution in [1.82, 2.24) is 15.3 Å². The summed E-state index contributed by atoms with van der Waals surface area (Å²) in [5.74, 6) is 1.16. The van der Waals surface area contributed by atoms with E-state index in [0.717, 1.165) is 29.7 Å². The molecule has 0 saturated heterocycles. The van der Waals surface area contributed by atoms with Gasteiger partial charge >= 0.3 is 0 Å². The molecule has 2 aromatic rings. The number of ether oxygens (including phenoxy) is 1. The van der Waals surface area contributed by atoms with Gasteiger partial charge in [0.25, 0.3) is 0 Å². The monoisotopic (exact) mass is 339 g/mol. The van der Waals surface area contributed by atoms with Crippen molar-refractivity contribution in [1.29, 1.82) is 0 Å². The average molecular weight is 339 g/mol. The van der Waals surface area contributed by atoms with Crippen LogP contribution < -0.4 is 10.1 Å². The third-order valence-electron chi connectivity index (χ3n) is 3.64. The number of nitrogens with zero attached hydrogens (tertiary/aromatic N) is 2. The van der Waals surface area contributed by atoms with Crippen molar-refractivity contribution in [3.05, 3.63) is 53.5 Å². The number of aryl methyl sites for hydroxylation is 2. The number of aromatic nitrogens is 2. The van der Waals surface area contributed by atoms with E-state index in [0.29, 0.717) is 11.6 Å². The summed E-state index contributed by atoms with van der Waals surface area (Å²) in [6.45, 7) is 7.61. The first-order chi connectivity index (χ1) is 12.0. The highest BCUT2D eigenvalue weighted by molar-refractivity contribution is 5.73. The zero-order valence-electron chi connectivity index (χ0n) is 15.2. The summed E-state index contributed by atoms with van der Waals surface area (Å²) in [6.07, 6.45) is 9.36. The molecule has 0 saturated carbocycles. The molecule has 5 nitrogen and oxygen atoms in total. The largest absolute Gasteiger partial charge is 0.437 e. The molecule has 0 aliphatic rings. The minimum Gasteiger partial charge on any atom is -0.437 e. The lowest BCUT2D eigenvalue weighted by molar-refractivity contribution is -0.119. The SMILES string of the molecule is CCCc1ncc(Oc2ccc(/C=C/[C@H](C)NC(C)=O)cn2)cc1C. The zero-order chi connectivity index (χ0) is 18.2. The van der Waals surface area contributed by atoms with Crippen LogP contribution in [0, 0.1) is 6.92 Å². The first-order valence-electron chi connectivity index (χ1n) is 8.52. The van der Waals surface area contributed by atoms with Crippen molar-refractivity contribution in [2.24, 2.45) is 0 Å². The highest BCUT2D eigenvalue weighted by atomic mass is 16.5. The summed E-state index contributed by atoms with van der Waals surface area (Å²) in [5.41, 5.74) is 3.18. The lowest BCUT2D eigenvalue weighted by Gasteiger charge is -2.08. The molecule has 5 heteroatoms. The molecule has 0 fully saturated rings. The molecule has 2 aromatic heterocycles. The zero-order valence-corrected chi connectivity index (χ0v) is 15.2. The predicted octanol–water partition coefficient (Wildman–Crippen LogP) is 4.07. The molecular weight excluding hydrogens is 314 g/mol. The normalized spacial score (nSPS) is 12.2. The molecule has 132 valence electrons. The Balaban J connectivity index is 1.99. The number of hydrogen-bond acceptors (Lipinski definition) is 4. The van der Waals surface area contributed by atoms with Crippen molar-refractivity contribution in [2.45, 2.75) is 46.6 Å². The Bertz CT molecular complexity index is 739. The van der Waals surface area contributed by atoms with Crippen LogP contribution in [0.2, 0.25) is 0 Å². The number of carbonyl (C=O) groups excluding carboxylic acids is 1. The summed E-state index contributed by atoms with van der Waals surface area (Å²) in [5, 5.41) is 2.80. The maximum Gasteiger partial charge on any atom is 0.219 e. The van der Waals surface area contributed by atoms with E-state index in [1.807, 2.05) is 44.2 Å². The molecule has 1 N–H and O–H groups in total. The van der Waals surface area contributed by atoms with Crippen LogP contribution >= 0.6 is 0 Å². The lowest BCUT2D eigenvalue weighted by Crippen LogP contribution is -2.28. The van der Waals surface area contributed by atoms with Gasteiger partial charge in [0.1, 0.15) is 5.75 Å². The van der Waals surface area contributed by atoms with Gasteiger partial charge in [0.15, 0.2) is 0 Å². The standard InChI is InChI=1S/C20H25N3O2/c1-5-6-19-14(2)11-18(13-21-19)25-20-10-9-17(12-22-20)8-7-15(3)23-16(4)24/h7-13,15H,5-6H2,1-4H3,(H,23,24)/b8-7+/t15-/m0/s1. The second-order valence-electron chi connectivity index (χ2n) is 6.06. The number of hydrogen-bond donors (Lipinski definition) is 1. The van der Waals surface area contributed by atoms with Gasteiger partial charge in [-0.25, -0.2) is 4.98 Å². The van der Waals surface area contributed by atoms with Crippen LogP contribution in [-0.4, -0.2) is 21.9 Å². The Morgan fingerprint density at radius 3 is 2.72 bits per heavy atom. The van der Waals surface area contributed by atoms with Crippen molar-refractivity contribution >= 4 is 12.0 Å². The number of nitrogens with one attached hydrogen (secondary N) is 1. The van der Waals surface area contributed by atoms with Crippen LogP contribution in [-0.2, 0) is 11.2 Å². The van der Waals surface area contributed by atoms with E-state index in [2.05, 4.69) is 22.2 Å². The third kappa shape index (κ3) is 6.03. The third-order valence-corrected chi connectivity index (χ3v) is 3.64. The van der Waals surface area contributed by atoms with Gasteiger partial charge in [-0.3, -0.25) is 9.78 Å². The van der Waals surface area contributed by atoms with E-state index in [4.69, 9.17) is 4.74 Å². The van der Waals surface area contributed by atoms with Gasteiger partial charge in [-0.15, -0.1) is 0 Å². The van der Waals surface area contributed by atoms with Crippen LogP contribution in [0.5, 0.6) is 11.6 Å². The van der Waals surface area contributed by atoms with E-state index in [9.17, 15) is 4.79 Å². The summed E-state index contributed by atoms with van der Waals surface area (Å²) < 4.78 is 5.77. The molecule has 2 heterocycles. The van der Waals surface area contributed by atoms with Crippen LogP contribution in [0.25, 0.3) is 6.08 Å². The number of amides is 1. The van der Waals surface area contributed by atoms with Gasteiger partial charge in [0, 0.05) is 30.9 Å². The Morgan fingerprint density at radius 1 is 1.32 bits per heavy atom. The molecule has 0 aliphatic heterocycles. The second kappa shape index (κ2) is 8.97. The smallest absolute Gasteiger partial charge is 0.219 e. The molecule has 1 amide bonds. The molecule has 1 atom stereocenters. The van der Waals surface area contributed by atoms with Gasteiger partial charge in [-0.05, 0) is 43.5 Å². The Hall–Kier alpha value is -2.69. The second-order valence-corrected chi connectivity index (χ2v) is 6.06. The predicted molar refractivity (Wildman–Crippen MR) is 99.6 cm³/mol. The van der Waals surface area contributed by atoms with Gasteiger partial charge in [-0.2, -0.15) is 0 Å². The Labute approximate surface area is 149 Å². The van der Waals surface area contributed by atoms with E-state index in [1.54, 1.807) is 12.4 Å². The van der Waals surface area contributed by atoms with Gasteiger partial charge in [0.05, 0.1) is 6.20 Å². The lowest BCUT2D eigenvalue weighted by atomic mass is 10.1. The average Bonchev–Trinajstić information content (AvgIpc) is 2.56. The molecular formula is C20H25N3O2. The van der Waals surface area contributed by atoms with Crippen molar-refractivity contribution in [3.8, 4) is 11.6 Å². The molecule has 0 spiro atoms. The van der Waals surface area contributed by atoms with E-state index in [1.165, 1.54) is 6.92 Å². The van der Waals surface area contributed by atoms with Crippen LogP contribution in [0.1, 0.15) is 44.0 Å². The van der Waals surface area contributed by atoms with Crippen LogP contribution in [0.15, 0.2) is 36.7 Å². The summed E-state index contributed by atoms with van der Waals surface area (Å²) in [7, 11) is 0. The Kier molecular flexibility index (Phi) is 6.69. The molecule has 25 heavy (non-hydrogen) atoms. The Morgan fingerprint density at radius 2 is 2.12 bits per heavy atom. The maximum absolute atomic E-state index is 11.0. The number of pyridine rings is 2. The highest BCUT2D eigenvalue weighted by Crippen LogP contribution is 2.21. The fraction of sp³-hybridized carbons (Fsp3) is 0.350. The summed E-state index contributed by atoms with van der Waals surface area (Å²) in [4.78, 5) is 19.8. The quantitative estimate of drug-likeness (QED) is 0.826. The van der Waals surface area contributed by atoms with E-state index in [-0.39, 0.29) is 11.9 Å². The van der Waals surface area contributed by atoms with Crippen molar-refractivity contribution in [2.75, 3.05) is 0 Å². The topological polar surface area (TPSA) is 64.1 Å². The number of carbonyl (C=O) groups is 1. The van der Waals surface area contributed by atoms with Crippen molar-refractivity contribution < 1.29 is 9.53 Å². The molecule has 0 aliphatic carbocycles. The first-order valence-corrected chi connectivity index (χ1v) is 8.52. The van der Waals surface area contributed by atoms with Crippen LogP contribution in [0.3, 0.4) is 0 Å². The molecule has 0 bridgehead atoms. The minimum atomic E-state index is -0.0483. The molecule has 0 aromatic carbocycles. The van der Waals surface area contributed by atoms with Crippen molar-refractivity contribution in [3.63, 3.8) is 0 Å².